The van der Waals surface area contributed by atoms with Crippen molar-refractivity contribution in [3.63, 3.8) is 0 Å². The second-order valence-corrected chi connectivity index (χ2v) is 13.8. The van der Waals surface area contributed by atoms with Crippen molar-refractivity contribution in [2.45, 2.75) is 70.7 Å². The lowest BCUT2D eigenvalue weighted by Crippen LogP contribution is -2.44. The minimum absolute atomic E-state index is 0.307. The molecular weight excluding hydrogens is 304 g/mol. The van der Waals surface area contributed by atoms with Crippen molar-refractivity contribution < 1.29 is 9.16 Å². The third-order valence-corrected chi connectivity index (χ3v) is 10.5. The summed E-state index contributed by atoms with van der Waals surface area (Å²) in [5, 5.41) is 0.307. The van der Waals surface area contributed by atoms with Crippen molar-refractivity contribution in [2.75, 3.05) is 12.9 Å². The van der Waals surface area contributed by atoms with Crippen molar-refractivity contribution >= 4 is 36.7 Å². The molecule has 0 aromatic rings. The summed E-state index contributed by atoms with van der Waals surface area (Å²) in [6.45, 7) is 12.4. The molecule has 120 valence electrons. The predicted octanol–water partition coefficient (Wildman–Crippen LogP) is 4.70. The first-order valence-electron chi connectivity index (χ1n) is 7.68. The molecule has 0 aromatic heterocycles. The minimum atomic E-state index is -1.61. The molecule has 0 bridgehead atoms. The Kier molecular flexibility index (Phi) is 7.03. The molecule has 0 radical (unpaired) electrons. The van der Waals surface area contributed by atoms with E-state index in [1.165, 1.54) is 25.7 Å². The van der Waals surface area contributed by atoms with Crippen LogP contribution in [0.1, 0.15) is 46.5 Å². The largest absolute Gasteiger partial charge is 0.480 e. The Hall–Kier alpha value is 0.417. The summed E-state index contributed by atoms with van der Waals surface area (Å²) in [6, 6.07) is 0. The van der Waals surface area contributed by atoms with Gasteiger partial charge in [-0.25, -0.2) is 0 Å². The molecule has 5 heteroatoms. The molecular formula is C15H32O2S2Si. The van der Waals surface area contributed by atoms with Crippen molar-refractivity contribution in [2.24, 2.45) is 5.92 Å². The van der Waals surface area contributed by atoms with Gasteiger partial charge in [0.1, 0.15) is 0 Å². The highest BCUT2D eigenvalue weighted by atomic mass is 32.2. The molecule has 1 saturated carbocycles. The maximum absolute atomic E-state index is 6.51. The summed E-state index contributed by atoms with van der Waals surface area (Å²) in [5.74, 6) is 0.670. The van der Waals surface area contributed by atoms with E-state index in [4.69, 9.17) is 21.4 Å². The molecule has 1 aliphatic rings. The molecule has 0 amide bonds. The molecule has 1 rings (SSSR count). The number of hydrogen-bond donors (Lipinski definition) is 0. The second kappa shape index (κ2) is 7.61. The van der Waals surface area contributed by atoms with Crippen LogP contribution in [-0.4, -0.2) is 31.7 Å². The average molecular weight is 337 g/mol. The van der Waals surface area contributed by atoms with Gasteiger partial charge in [0.2, 0.25) is 0 Å². The van der Waals surface area contributed by atoms with Gasteiger partial charge in [0, 0.05) is 6.10 Å². The second-order valence-electron chi connectivity index (χ2n) is 7.37. The minimum Gasteiger partial charge on any atom is -0.480 e. The summed E-state index contributed by atoms with van der Waals surface area (Å²) in [5.41, 5.74) is 0. The number of ether oxygens (including phenoxy) is 1. The summed E-state index contributed by atoms with van der Waals surface area (Å²) in [7, 11) is -1.61. The van der Waals surface area contributed by atoms with E-state index < -0.39 is 8.32 Å². The third-order valence-electron chi connectivity index (χ3n) is 4.72. The Labute approximate surface area is 135 Å². The molecule has 0 unspecified atom stereocenters. The van der Waals surface area contributed by atoms with Crippen LogP contribution in [0.25, 0.3) is 0 Å². The highest BCUT2D eigenvalue weighted by Crippen LogP contribution is 2.39. The van der Waals surface area contributed by atoms with Gasteiger partial charge in [0.15, 0.2) is 12.7 Å². The van der Waals surface area contributed by atoms with Gasteiger partial charge in [-0.15, -0.1) is 0 Å². The number of hydrogen-bond acceptors (Lipinski definition) is 3. The van der Waals surface area contributed by atoms with Crippen LogP contribution in [0, 0.1) is 5.92 Å². The van der Waals surface area contributed by atoms with E-state index in [0.29, 0.717) is 28.8 Å². The van der Waals surface area contributed by atoms with Crippen LogP contribution < -0.4 is 0 Å². The van der Waals surface area contributed by atoms with Gasteiger partial charge >= 0.3 is 0 Å². The van der Waals surface area contributed by atoms with Gasteiger partial charge in [0.25, 0.3) is 0 Å². The Morgan fingerprint density at radius 1 is 1.20 bits per heavy atom. The first-order chi connectivity index (χ1) is 9.15. The summed E-state index contributed by atoms with van der Waals surface area (Å²) < 4.78 is 12.9. The molecule has 0 atom stereocenters. The van der Waals surface area contributed by atoms with Crippen LogP contribution in [0.2, 0.25) is 18.1 Å². The highest BCUT2D eigenvalue weighted by molar-refractivity contribution is 8.22. The van der Waals surface area contributed by atoms with E-state index >= 15 is 0 Å². The molecule has 1 aliphatic carbocycles. The zero-order valence-electron chi connectivity index (χ0n) is 13.9. The first kappa shape index (κ1) is 18.5. The van der Waals surface area contributed by atoms with Crippen LogP contribution in [-0.2, 0) is 9.16 Å². The average Bonchev–Trinajstić information content (AvgIpc) is 2.35. The molecule has 0 aliphatic heterocycles. The van der Waals surface area contributed by atoms with E-state index in [1.807, 2.05) is 0 Å². The highest BCUT2D eigenvalue weighted by Gasteiger charge is 2.39. The molecule has 20 heavy (non-hydrogen) atoms. The summed E-state index contributed by atoms with van der Waals surface area (Å²) in [6.07, 6.45) is 7.34. The molecule has 1 fully saturated rings. The Morgan fingerprint density at radius 2 is 1.75 bits per heavy atom. The van der Waals surface area contributed by atoms with E-state index in [2.05, 4.69) is 40.1 Å². The van der Waals surface area contributed by atoms with Crippen LogP contribution in [0.15, 0.2) is 0 Å². The van der Waals surface area contributed by atoms with Crippen molar-refractivity contribution in [1.82, 2.24) is 0 Å². The standard InChI is InChI=1S/C15H32O2S2Si/c1-15(2,3)20(5,6)17-13-9-7-12(8-10-13)11-16-14(18)19-4/h12-13H,7-11,19H2,1-6H3. The zero-order valence-corrected chi connectivity index (χ0v) is 16.7. The van der Waals surface area contributed by atoms with Gasteiger partial charge in [-0.3, -0.25) is 0 Å². The maximum atomic E-state index is 6.51. The van der Waals surface area contributed by atoms with E-state index in [1.54, 1.807) is 0 Å². The monoisotopic (exact) mass is 336 g/mol. The lowest BCUT2D eigenvalue weighted by atomic mass is 9.88. The van der Waals surface area contributed by atoms with Gasteiger partial charge in [-0.05, 0) is 68.2 Å². The molecule has 0 spiro atoms. The number of thiocarbonyl (C=S) groups is 1. The van der Waals surface area contributed by atoms with Gasteiger partial charge in [-0.2, -0.15) is 11.8 Å². The van der Waals surface area contributed by atoms with Crippen LogP contribution in [0.5, 0.6) is 0 Å². The lowest BCUT2D eigenvalue weighted by molar-refractivity contribution is 0.0980. The zero-order chi connectivity index (χ0) is 15.4. The quantitative estimate of drug-likeness (QED) is 0.548. The van der Waals surface area contributed by atoms with Crippen LogP contribution >= 0.6 is 24.0 Å². The Morgan fingerprint density at radius 3 is 2.20 bits per heavy atom. The SMILES string of the molecule is C[SH2]C(=S)OCC1CCC(O[Si](C)(C)C(C)(C)C)CC1. The van der Waals surface area contributed by atoms with Crippen molar-refractivity contribution in [1.29, 1.82) is 0 Å². The smallest absolute Gasteiger partial charge is 0.196 e. The first-order valence-corrected chi connectivity index (χ1v) is 12.5. The molecule has 0 N–H and O–H groups in total. The molecule has 0 aromatic carbocycles. The Balaban J connectivity index is 2.34. The summed E-state index contributed by atoms with van der Waals surface area (Å²) >= 11 is 5.75. The van der Waals surface area contributed by atoms with Crippen molar-refractivity contribution in [3.8, 4) is 0 Å². The topological polar surface area (TPSA) is 18.5 Å². The predicted molar refractivity (Wildman–Crippen MR) is 98.9 cm³/mol. The molecule has 0 heterocycles. The Bertz CT molecular complexity index is 318. The molecule has 2 nitrogen and oxygen atoms in total. The maximum Gasteiger partial charge on any atom is 0.196 e. The van der Waals surface area contributed by atoms with Crippen molar-refractivity contribution in [3.05, 3.63) is 0 Å². The van der Waals surface area contributed by atoms with Crippen LogP contribution in [0.3, 0.4) is 0 Å². The van der Waals surface area contributed by atoms with E-state index in [0.717, 1.165) is 11.0 Å². The van der Waals surface area contributed by atoms with Gasteiger partial charge < -0.3 is 9.16 Å². The fourth-order valence-electron chi connectivity index (χ4n) is 2.28. The normalized spacial score (nSPS) is 25.5. The fourth-order valence-corrected chi connectivity index (χ4v) is 3.99. The summed E-state index contributed by atoms with van der Waals surface area (Å²) in [4.78, 5) is 0. The fraction of sp³-hybridized carbons (Fsp3) is 0.933. The lowest BCUT2D eigenvalue weighted by Gasteiger charge is -2.41. The number of rotatable bonds is 4. The van der Waals surface area contributed by atoms with E-state index in [-0.39, 0.29) is 0 Å². The van der Waals surface area contributed by atoms with Crippen LogP contribution in [0.4, 0.5) is 0 Å². The van der Waals surface area contributed by atoms with E-state index in [9.17, 15) is 0 Å². The third kappa shape index (κ3) is 5.66. The van der Waals surface area contributed by atoms with Gasteiger partial charge in [-0.1, -0.05) is 20.8 Å². The van der Waals surface area contributed by atoms with Gasteiger partial charge in [0.05, 0.1) is 6.61 Å². The molecule has 0 saturated heterocycles.